The van der Waals surface area contributed by atoms with E-state index in [4.69, 9.17) is 5.11 Å². The highest BCUT2D eigenvalue weighted by Crippen LogP contribution is 2.39. The number of carboxylic acids is 1. The zero-order valence-electron chi connectivity index (χ0n) is 10.0. The molecule has 0 amide bonds. The summed E-state index contributed by atoms with van der Waals surface area (Å²) in [4.78, 5) is 11.2. The standard InChI is InChI=1S/C14H18O3/c1-10(13(15)16)14(17)9-5-4-7-11-6-2-3-8-12(11)14/h2-3,6,8,10,17H,4-5,7,9H2,1H3,(H,15,16)/t10-,14+/m0/s1. The molecule has 1 aromatic carbocycles. The van der Waals surface area contributed by atoms with Crippen LogP contribution in [-0.4, -0.2) is 16.2 Å². The number of fused-ring (bicyclic) bond motifs is 1. The van der Waals surface area contributed by atoms with Gasteiger partial charge in [-0.25, -0.2) is 0 Å². The van der Waals surface area contributed by atoms with Gasteiger partial charge in [0, 0.05) is 0 Å². The molecule has 92 valence electrons. The maximum Gasteiger partial charge on any atom is 0.309 e. The molecule has 2 atom stereocenters. The highest BCUT2D eigenvalue weighted by molar-refractivity contribution is 5.71. The highest BCUT2D eigenvalue weighted by atomic mass is 16.4. The topological polar surface area (TPSA) is 57.5 Å². The molecular weight excluding hydrogens is 216 g/mol. The number of carbonyl (C=O) groups is 1. The quantitative estimate of drug-likeness (QED) is 0.772. The van der Waals surface area contributed by atoms with Gasteiger partial charge in [0.15, 0.2) is 0 Å². The minimum atomic E-state index is -1.22. The van der Waals surface area contributed by atoms with Crippen LogP contribution in [0.3, 0.4) is 0 Å². The molecule has 1 aliphatic rings. The minimum Gasteiger partial charge on any atom is -0.481 e. The lowest BCUT2D eigenvalue weighted by Gasteiger charge is -2.32. The summed E-state index contributed by atoms with van der Waals surface area (Å²) in [5, 5.41) is 19.9. The second-order valence-corrected chi connectivity index (χ2v) is 4.85. The van der Waals surface area contributed by atoms with Crippen LogP contribution in [-0.2, 0) is 16.8 Å². The van der Waals surface area contributed by atoms with Crippen molar-refractivity contribution in [2.45, 2.75) is 38.2 Å². The second kappa shape index (κ2) is 4.49. The molecule has 0 unspecified atom stereocenters. The van der Waals surface area contributed by atoms with Gasteiger partial charge in [-0.1, -0.05) is 24.3 Å². The number of aliphatic carboxylic acids is 1. The molecule has 3 nitrogen and oxygen atoms in total. The zero-order valence-corrected chi connectivity index (χ0v) is 10.0. The fraction of sp³-hybridized carbons (Fsp3) is 0.500. The van der Waals surface area contributed by atoms with Crippen molar-refractivity contribution in [1.29, 1.82) is 0 Å². The van der Waals surface area contributed by atoms with E-state index in [1.54, 1.807) is 6.92 Å². The van der Waals surface area contributed by atoms with Crippen molar-refractivity contribution in [3.05, 3.63) is 35.4 Å². The van der Waals surface area contributed by atoms with Crippen LogP contribution in [0.2, 0.25) is 0 Å². The van der Waals surface area contributed by atoms with Crippen LogP contribution in [0.5, 0.6) is 0 Å². The van der Waals surface area contributed by atoms with E-state index in [2.05, 4.69) is 0 Å². The van der Waals surface area contributed by atoms with Crippen LogP contribution in [0.1, 0.15) is 37.3 Å². The van der Waals surface area contributed by atoms with Crippen molar-refractivity contribution in [3.63, 3.8) is 0 Å². The van der Waals surface area contributed by atoms with Crippen molar-refractivity contribution in [3.8, 4) is 0 Å². The SMILES string of the molecule is C[C@@H](C(=O)O)[C@]1(O)CCCCc2ccccc21. The van der Waals surface area contributed by atoms with Gasteiger partial charge in [0.2, 0.25) is 0 Å². The molecule has 0 heterocycles. The summed E-state index contributed by atoms with van der Waals surface area (Å²) in [6, 6.07) is 7.65. The Morgan fingerprint density at radius 3 is 2.76 bits per heavy atom. The first-order valence-electron chi connectivity index (χ1n) is 6.09. The molecule has 1 aliphatic carbocycles. The average Bonchev–Trinajstić information content (AvgIpc) is 2.49. The third-order valence-corrected chi connectivity index (χ3v) is 3.82. The van der Waals surface area contributed by atoms with Gasteiger partial charge in [0.05, 0.1) is 5.92 Å². The number of rotatable bonds is 2. The maximum absolute atomic E-state index is 11.2. The molecule has 3 heteroatoms. The molecule has 2 rings (SSSR count). The normalized spacial score (nSPS) is 25.8. The van der Waals surface area contributed by atoms with Crippen LogP contribution in [0.15, 0.2) is 24.3 Å². The second-order valence-electron chi connectivity index (χ2n) is 4.85. The lowest BCUT2D eigenvalue weighted by atomic mass is 9.78. The molecule has 1 aromatic rings. The van der Waals surface area contributed by atoms with Crippen molar-refractivity contribution >= 4 is 5.97 Å². The first-order valence-corrected chi connectivity index (χ1v) is 6.09. The van der Waals surface area contributed by atoms with Gasteiger partial charge in [0.25, 0.3) is 0 Å². The molecule has 17 heavy (non-hydrogen) atoms. The number of hydrogen-bond donors (Lipinski definition) is 2. The van der Waals surface area contributed by atoms with Gasteiger partial charge in [-0.05, 0) is 43.7 Å². The maximum atomic E-state index is 11.2. The molecule has 0 spiro atoms. The van der Waals surface area contributed by atoms with Crippen molar-refractivity contribution in [2.75, 3.05) is 0 Å². The zero-order chi connectivity index (χ0) is 12.5. The van der Waals surface area contributed by atoms with E-state index in [1.807, 2.05) is 24.3 Å². The van der Waals surface area contributed by atoms with Gasteiger partial charge in [-0.3, -0.25) is 4.79 Å². The van der Waals surface area contributed by atoms with Crippen LogP contribution in [0, 0.1) is 5.92 Å². The van der Waals surface area contributed by atoms with E-state index in [9.17, 15) is 9.90 Å². The smallest absolute Gasteiger partial charge is 0.309 e. The van der Waals surface area contributed by atoms with E-state index in [0.29, 0.717) is 6.42 Å². The Balaban J connectivity index is 2.50. The Bertz CT molecular complexity index is 427. The number of carboxylic acid groups (broad SMARTS) is 1. The predicted molar refractivity (Wildman–Crippen MR) is 64.7 cm³/mol. The van der Waals surface area contributed by atoms with Crippen molar-refractivity contribution < 1.29 is 15.0 Å². The number of benzene rings is 1. The molecule has 2 N–H and O–H groups in total. The van der Waals surface area contributed by atoms with Crippen LogP contribution < -0.4 is 0 Å². The molecule has 0 fully saturated rings. The lowest BCUT2D eigenvalue weighted by Crippen LogP contribution is -2.38. The van der Waals surface area contributed by atoms with Gasteiger partial charge < -0.3 is 10.2 Å². The molecule has 0 saturated heterocycles. The summed E-state index contributed by atoms with van der Waals surface area (Å²) in [6.07, 6.45) is 3.32. The van der Waals surface area contributed by atoms with E-state index in [1.165, 1.54) is 0 Å². The summed E-state index contributed by atoms with van der Waals surface area (Å²) >= 11 is 0. The van der Waals surface area contributed by atoms with E-state index >= 15 is 0 Å². The Hall–Kier alpha value is -1.35. The third-order valence-electron chi connectivity index (χ3n) is 3.82. The number of aliphatic hydroxyl groups is 1. The molecule has 0 saturated carbocycles. The number of hydrogen-bond acceptors (Lipinski definition) is 2. The Morgan fingerprint density at radius 2 is 2.06 bits per heavy atom. The molecule has 0 radical (unpaired) electrons. The lowest BCUT2D eigenvalue weighted by molar-refractivity contribution is -0.152. The van der Waals surface area contributed by atoms with E-state index in [-0.39, 0.29) is 0 Å². The van der Waals surface area contributed by atoms with Gasteiger partial charge in [-0.2, -0.15) is 0 Å². The fourth-order valence-corrected chi connectivity index (χ4v) is 2.66. The summed E-state index contributed by atoms with van der Waals surface area (Å²) in [5.74, 6) is -1.72. The minimum absolute atomic E-state index is 0.525. The van der Waals surface area contributed by atoms with E-state index < -0.39 is 17.5 Å². The van der Waals surface area contributed by atoms with Crippen molar-refractivity contribution in [2.24, 2.45) is 5.92 Å². The van der Waals surface area contributed by atoms with Crippen LogP contribution in [0.25, 0.3) is 0 Å². The van der Waals surface area contributed by atoms with Crippen molar-refractivity contribution in [1.82, 2.24) is 0 Å². The first-order chi connectivity index (χ1) is 8.05. The Kier molecular flexibility index (Phi) is 3.20. The Labute approximate surface area is 101 Å². The predicted octanol–water partition coefficient (Wildman–Crippen LogP) is 2.32. The van der Waals surface area contributed by atoms with E-state index in [0.717, 1.165) is 30.4 Å². The number of aryl methyl sites for hydroxylation is 1. The summed E-state index contributed by atoms with van der Waals surface area (Å²) in [6.45, 7) is 1.59. The summed E-state index contributed by atoms with van der Waals surface area (Å²) < 4.78 is 0. The molecule has 0 bridgehead atoms. The monoisotopic (exact) mass is 234 g/mol. The molecule has 0 aliphatic heterocycles. The Morgan fingerprint density at radius 1 is 1.35 bits per heavy atom. The first kappa shape index (κ1) is 12.1. The van der Waals surface area contributed by atoms with Gasteiger partial charge >= 0.3 is 5.97 Å². The molecular formula is C14H18O3. The fourth-order valence-electron chi connectivity index (χ4n) is 2.66. The average molecular weight is 234 g/mol. The van der Waals surface area contributed by atoms with Crippen LogP contribution in [0.4, 0.5) is 0 Å². The summed E-state index contributed by atoms with van der Waals surface area (Å²) in [7, 11) is 0. The summed E-state index contributed by atoms with van der Waals surface area (Å²) in [5.41, 5.74) is 0.659. The largest absolute Gasteiger partial charge is 0.481 e. The van der Waals surface area contributed by atoms with Gasteiger partial charge in [-0.15, -0.1) is 0 Å². The van der Waals surface area contributed by atoms with Crippen LogP contribution >= 0.6 is 0 Å². The molecule has 0 aromatic heterocycles. The van der Waals surface area contributed by atoms with Gasteiger partial charge in [0.1, 0.15) is 5.60 Å². The highest BCUT2D eigenvalue weighted by Gasteiger charge is 2.41. The third kappa shape index (κ3) is 2.07.